The van der Waals surface area contributed by atoms with Gasteiger partial charge in [-0.1, -0.05) is 31.2 Å². The lowest BCUT2D eigenvalue weighted by atomic mass is 10.1. The van der Waals surface area contributed by atoms with Crippen molar-refractivity contribution in [2.75, 3.05) is 20.2 Å². The molecule has 1 aromatic carbocycles. The van der Waals surface area contributed by atoms with Crippen LogP contribution >= 0.6 is 0 Å². The molecule has 0 aliphatic carbocycles. The van der Waals surface area contributed by atoms with E-state index in [1.54, 1.807) is 7.11 Å². The molecule has 0 amide bonds. The molecule has 1 rings (SSSR count). The number of methoxy groups -OCH3 is 1. The van der Waals surface area contributed by atoms with Crippen LogP contribution in [0.15, 0.2) is 24.3 Å². The van der Waals surface area contributed by atoms with E-state index >= 15 is 0 Å². The molecule has 0 saturated carbocycles. The van der Waals surface area contributed by atoms with E-state index in [1.165, 1.54) is 36.8 Å². The average Bonchev–Trinajstić information content (AvgIpc) is 2.35. The van der Waals surface area contributed by atoms with E-state index in [0.717, 1.165) is 13.1 Å². The predicted octanol–water partition coefficient (Wildman–Crippen LogP) is 3.16. The Balaban J connectivity index is 2.19. The second-order valence-electron chi connectivity index (χ2n) is 4.46. The molecule has 0 aliphatic heterocycles. The molecule has 2 nitrogen and oxygen atoms in total. The van der Waals surface area contributed by atoms with E-state index in [-0.39, 0.29) is 0 Å². The van der Waals surface area contributed by atoms with Gasteiger partial charge in [0.1, 0.15) is 0 Å². The van der Waals surface area contributed by atoms with Gasteiger partial charge in [0.15, 0.2) is 0 Å². The van der Waals surface area contributed by atoms with Crippen molar-refractivity contribution < 1.29 is 4.74 Å². The van der Waals surface area contributed by atoms with E-state index in [9.17, 15) is 0 Å². The first-order chi connectivity index (χ1) is 8.36. The fourth-order valence-electron chi connectivity index (χ4n) is 1.92. The minimum Gasteiger partial charge on any atom is -0.380 e. The van der Waals surface area contributed by atoms with Gasteiger partial charge in [-0.3, -0.25) is 0 Å². The maximum absolute atomic E-state index is 5.14. The zero-order chi connectivity index (χ0) is 12.3. The van der Waals surface area contributed by atoms with Gasteiger partial charge in [-0.05, 0) is 49.9 Å². The molecule has 1 N–H and O–H groups in total. The lowest BCUT2D eigenvalue weighted by molar-refractivity contribution is 0.185. The van der Waals surface area contributed by atoms with Crippen LogP contribution in [-0.4, -0.2) is 20.2 Å². The highest BCUT2D eigenvalue weighted by Gasteiger charge is 1.96. The average molecular weight is 235 g/mol. The number of hydrogen-bond donors (Lipinski definition) is 1. The molecule has 0 unspecified atom stereocenters. The molecule has 0 aromatic heterocycles. The fourth-order valence-corrected chi connectivity index (χ4v) is 1.92. The Labute approximate surface area is 105 Å². The van der Waals surface area contributed by atoms with E-state index in [0.29, 0.717) is 6.61 Å². The third-order valence-electron chi connectivity index (χ3n) is 2.80. The number of rotatable bonds is 9. The quantitative estimate of drug-likeness (QED) is 0.664. The van der Waals surface area contributed by atoms with Gasteiger partial charge in [0.25, 0.3) is 0 Å². The van der Waals surface area contributed by atoms with Crippen molar-refractivity contribution in [1.29, 1.82) is 0 Å². The van der Waals surface area contributed by atoms with Crippen LogP contribution in [0.3, 0.4) is 0 Å². The van der Waals surface area contributed by atoms with Crippen molar-refractivity contribution in [3.63, 3.8) is 0 Å². The Morgan fingerprint density at radius 2 is 1.94 bits per heavy atom. The van der Waals surface area contributed by atoms with Crippen LogP contribution < -0.4 is 5.32 Å². The van der Waals surface area contributed by atoms with Crippen molar-refractivity contribution in [2.45, 2.75) is 39.2 Å². The van der Waals surface area contributed by atoms with Crippen molar-refractivity contribution in [3.8, 4) is 0 Å². The van der Waals surface area contributed by atoms with E-state index in [4.69, 9.17) is 4.74 Å². The Morgan fingerprint density at radius 3 is 2.71 bits per heavy atom. The largest absolute Gasteiger partial charge is 0.380 e. The first-order valence-electron chi connectivity index (χ1n) is 6.64. The Morgan fingerprint density at radius 1 is 1.12 bits per heavy atom. The van der Waals surface area contributed by atoms with E-state index in [1.807, 2.05) is 0 Å². The zero-order valence-electron chi connectivity index (χ0n) is 11.2. The van der Waals surface area contributed by atoms with Gasteiger partial charge < -0.3 is 10.1 Å². The van der Waals surface area contributed by atoms with Gasteiger partial charge in [0, 0.05) is 7.11 Å². The summed E-state index contributed by atoms with van der Waals surface area (Å²) in [5.74, 6) is 0. The van der Waals surface area contributed by atoms with Crippen LogP contribution in [0, 0.1) is 0 Å². The molecule has 0 bridgehead atoms. The number of nitrogens with one attached hydrogen (secondary N) is 1. The SMILES string of the molecule is CCCNCCCCc1cccc(COC)c1. The highest BCUT2D eigenvalue weighted by molar-refractivity contribution is 5.23. The molecule has 0 atom stereocenters. The van der Waals surface area contributed by atoms with Crippen molar-refractivity contribution in [1.82, 2.24) is 5.32 Å². The standard InChI is InChI=1S/C15H25NO/c1-3-10-16-11-5-4-7-14-8-6-9-15(12-14)13-17-2/h6,8-9,12,16H,3-5,7,10-11,13H2,1-2H3. The van der Waals surface area contributed by atoms with Gasteiger partial charge in [-0.2, -0.15) is 0 Å². The molecule has 96 valence electrons. The van der Waals surface area contributed by atoms with Crippen LogP contribution in [0.25, 0.3) is 0 Å². The second-order valence-corrected chi connectivity index (χ2v) is 4.46. The first-order valence-corrected chi connectivity index (χ1v) is 6.64. The monoisotopic (exact) mass is 235 g/mol. The van der Waals surface area contributed by atoms with Crippen LogP contribution in [0.4, 0.5) is 0 Å². The topological polar surface area (TPSA) is 21.3 Å². The van der Waals surface area contributed by atoms with Gasteiger partial charge in [0.05, 0.1) is 6.61 Å². The normalized spacial score (nSPS) is 10.7. The third kappa shape index (κ3) is 6.44. The maximum atomic E-state index is 5.14. The van der Waals surface area contributed by atoms with Crippen molar-refractivity contribution in [2.24, 2.45) is 0 Å². The summed E-state index contributed by atoms with van der Waals surface area (Å²) in [5.41, 5.74) is 2.70. The summed E-state index contributed by atoms with van der Waals surface area (Å²) in [4.78, 5) is 0. The minimum absolute atomic E-state index is 0.714. The van der Waals surface area contributed by atoms with E-state index in [2.05, 4.69) is 36.5 Å². The lowest BCUT2D eigenvalue weighted by Gasteiger charge is -2.05. The van der Waals surface area contributed by atoms with Gasteiger partial charge in [-0.25, -0.2) is 0 Å². The summed E-state index contributed by atoms with van der Waals surface area (Å²) in [5, 5.41) is 3.43. The summed E-state index contributed by atoms with van der Waals surface area (Å²) >= 11 is 0. The van der Waals surface area contributed by atoms with Crippen LogP contribution in [0.2, 0.25) is 0 Å². The molecule has 0 saturated heterocycles. The summed E-state index contributed by atoms with van der Waals surface area (Å²) in [6, 6.07) is 8.70. The number of unbranched alkanes of at least 4 members (excludes halogenated alkanes) is 1. The van der Waals surface area contributed by atoms with Gasteiger partial charge in [0.2, 0.25) is 0 Å². The summed E-state index contributed by atoms with van der Waals surface area (Å²) in [7, 11) is 1.74. The molecule has 0 radical (unpaired) electrons. The van der Waals surface area contributed by atoms with Crippen LogP contribution in [0.5, 0.6) is 0 Å². The lowest BCUT2D eigenvalue weighted by Crippen LogP contribution is -2.15. The molecular weight excluding hydrogens is 210 g/mol. The fraction of sp³-hybridized carbons (Fsp3) is 0.600. The Kier molecular flexibility index (Phi) is 7.69. The summed E-state index contributed by atoms with van der Waals surface area (Å²) in [6.07, 6.45) is 4.91. The molecule has 1 aromatic rings. The highest BCUT2D eigenvalue weighted by atomic mass is 16.5. The molecule has 2 heteroatoms. The Bertz CT molecular complexity index is 299. The van der Waals surface area contributed by atoms with Crippen molar-refractivity contribution in [3.05, 3.63) is 35.4 Å². The number of aryl methyl sites for hydroxylation is 1. The summed E-state index contributed by atoms with van der Waals surface area (Å²) < 4.78 is 5.14. The number of ether oxygens (including phenoxy) is 1. The smallest absolute Gasteiger partial charge is 0.0713 e. The molecule has 0 spiro atoms. The van der Waals surface area contributed by atoms with Crippen LogP contribution in [-0.2, 0) is 17.8 Å². The summed E-state index contributed by atoms with van der Waals surface area (Å²) in [6.45, 7) is 5.20. The second kappa shape index (κ2) is 9.20. The molecule has 0 aliphatic rings. The molecular formula is C15H25NO. The number of benzene rings is 1. The molecule has 17 heavy (non-hydrogen) atoms. The van der Waals surface area contributed by atoms with E-state index < -0.39 is 0 Å². The number of hydrogen-bond acceptors (Lipinski definition) is 2. The molecule has 0 fully saturated rings. The van der Waals surface area contributed by atoms with Gasteiger partial charge >= 0.3 is 0 Å². The Hall–Kier alpha value is -0.860. The van der Waals surface area contributed by atoms with Gasteiger partial charge in [-0.15, -0.1) is 0 Å². The molecule has 0 heterocycles. The zero-order valence-corrected chi connectivity index (χ0v) is 11.2. The first kappa shape index (κ1) is 14.2. The maximum Gasteiger partial charge on any atom is 0.0713 e. The highest BCUT2D eigenvalue weighted by Crippen LogP contribution is 2.09. The van der Waals surface area contributed by atoms with Crippen molar-refractivity contribution >= 4 is 0 Å². The predicted molar refractivity (Wildman–Crippen MR) is 73.3 cm³/mol. The van der Waals surface area contributed by atoms with Crippen LogP contribution in [0.1, 0.15) is 37.3 Å². The third-order valence-corrected chi connectivity index (χ3v) is 2.80. The minimum atomic E-state index is 0.714.